The predicted molar refractivity (Wildman–Crippen MR) is 128 cm³/mol. The number of carbonyl (C=O) groups excluding carboxylic acids is 2. The van der Waals surface area contributed by atoms with Crippen LogP contribution in [0.4, 0.5) is 10.5 Å². The first-order valence-corrected chi connectivity index (χ1v) is 10.4. The number of hydrogen-bond acceptors (Lipinski definition) is 8. The van der Waals surface area contributed by atoms with Crippen molar-refractivity contribution in [3.05, 3.63) is 53.6 Å². The minimum Gasteiger partial charge on any atom is -0.497 e. The van der Waals surface area contributed by atoms with Gasteiger partial charge in [0.15, 0.2) is 0 Å². The topological polar surface area (TPSA) is 124 Å². The van der Waals surface area contributed by atoms with Crippen LogP contribution in [0.5, 0.6) is 17.2 Å². The second-order valence-corrected chi connectivity index (χ2v) is 8.09. The van der Waals surface area contributed by atoms with Gasteiger partial charge in [0.05, 0.1) is 39.6 Å². The van der Waals surface area contributed by atoms with E-state index in [9.17, 15) is 14.9 Å². The molecule has 180 valence electrons. The van der Waals surface area contributed by atoms with E-state index in [1.807, 2.05) is 6.07 Å². The molecule has 0 saturated carbocycles. The third-order valence-corrected chi connectivity index (χ3v) is 4.60. The van der Waals surface area contributed by atoms with Gasteiger partial charge in [-0.25, -0.2) is 9.69 Å². The van der Waals surface area contributed by atoms with E-state index in [2.05, 4.69) is 0 Å². The van der Waals surface area contributed by atoms with Gasteiger partial charge in [0.1, 0.15) is 22.8 Å². The maximum Gasteiger partial charge on any atom is 0.421 e. The van der Waals surface area contributed by atoms with Crippen LogP contribution >= 0.6 is 0 Å². The standard InChI is InChI=1S/C25H29N3O6/c1-25(2,3)34-24(30)28(23(29)15-27)21-13-16(7-8-22(21)33-6)20(9-10-26)17-11-18(31-4)14-19(12-17)32-5/h7-9,11-14H,15,27H2,1-6H3. The number of methoxy groups -OCH3 is 3. The van der Waals surface area contributed by atoms with Crippen molar-refractivity contribution in [2.75, 3.05) is 32.8 Å². The Morgan fingerprint density at radius 2 is 1.62 bits per heavy atom. The van der Waals surface area contributed by atoms with Crippen LogP contribution in [-0.4, -0.2) is 45.5 Å². The largest absolute Gasteiger partial charge is 0.497 e. The molecule has 2 amide bonds. The van der Waals surface area contributed by atoms with E-state index in [4.69, 9.17) is 24.7 Å². The fourth-order valence-corrected chi connectivity index (χ4v) is 3.13. The minimum absolute atomic E-state index is 0.128. The summed E-state index contributed by atoms with van der Waals surface area (Å²) in [6, 6.07) is 12.1. The Balaban J connectivity index is 2.72. The number of imide groups is 1. The van der Waals surface area contributed by atoms with E-state index in [0.29, 0.717) is 28.2 Å². The predicted octanol–water partition coefficient (Wildman–Crippen LogP) is 3.89. The van der Waals surface area contributed by atoms with Crippen LogP contribution in [-0.2, 0) is 9.53 Å². The van der Waals surface area contributed by atoms with Crippen LogP contribution in [0.3, 0.4) is 0 Å². The summed E-state index contributed by atoms with van der Waals surface area (Å²) in [7, 11) is 4.46. The molecule has 0 saturated heterocycles. The molecule has 0 fully saturated rings. The van der Waals surface area contributed by atoms with Crippen molar-refractivity contribution >= 4 is 23.3 Å². The van der Waals surface area contributed by atoms with E-state index < -0.39 is 24.1 Å². The number of carbonyl (C=O) groups is 2. The first-order valence-electron chi connectivity index (χ1n) is 10.4. The maximum atomic E-state index is 12.9. The molecule has 9 nitrogen and oxygen atoms in total. The molecule has 0 aliphatic carbocycles. The van der Waals surface area contributed by atoms with Gasteiger partial charge < -0.3 is 24.7 Å². The van der Waals surface area contributed by atoms with Crippen LogP contribution in [0.2, 0.25) is 0 Å². The van der Waals surface area contributed by atoms with Gasteiger partial charge in [0.2, 0.25) is 5.91 Å². The Morgan fingerprint density at radius 1 is 1.00 bits per heavy atom. The van der Waals surface area contributed by atoms with Crippen LogP contribution in [0.1, 0.15) is 31.9 Å². The highest BCUT2D eigenvalue weighted by Crippen LogP contribution is 2.36. The molecular formula is C25H29N3O6. The van der Waals surface area contributed by atoms with Crippen LogP contribution in [0, 0.1) is 11.3 Å². The smallest absolute Gasteiger partial charge is 0.421 e. The van der Waals surface area contributed by atoms with Gasteiger partial charge in [0.25, 0.3) is 0 Å². The van der Waals surface area contributed by atoms with Crippen molar-refractivity contribution in [1.82, 2.24) is 0 Å². The molecule has 9 heteroatoms. The molecule has 0 atom stereocenters. The highest BCUT2D eigenvalue weighted by atomic mass is 16.6. The number of allylic oxidation sites excluding steroid dienone is 1. The molecule has 2 rings (SSSR count). The number of hydrogen-bond donors (Lipinski definition) is 1. The van der Waals surface area contributed by atoms with Gasteiger partial charge in [-0.2, -0.15) is 5.26 Å². The molecular weight excluding hydrogens is 438 g/mol. The average Bonchev–Trinajstić information content (AvgIpc) is 2.80. The zero-order chi connectivity index (χ0) is 25.5. The lowest BCUT2D eigenvalue weighted by atomic mass is 9.96. The molecule has 0 spiro atoms. The number of nitrogens with two attached hydrogens (primary N) is 1. The fourth-order valence-electron chi connectivity index (χ4n) is 3.13. The summed E-state index contributed by atoms with van der Waals surface area (Å²) in [4.78, 5) is 26.5. The van der Waals surface area contributed by atoms with Gasteiger partial charge in [-0.05, 0) is 61.7 Å². The van der Waals surface area contributed by atoms with Crippen molar-refractivity contribution in [3.63, 3.8) is 0 Å². The molecule has 2 N–H and O–H groups in total. The lowest BCUT2D eigenvalue weighted by Gasteiger charge is -2.27. The van der Waals surface area contributed by atoms with E-state index in [-0.39, 0.29) is 11.4 Å². The molecule has 2 aromatic rings. The molecule has 0 radical (unpaired) electrons. The highest BCUT2D eigenvalue weighted by molar-refractivity contribution is 6.14. The van der Waals surface area contributed by atoms with Crippen molar-refractivity contribution in [2.24, 2.45) is 5.73 Å². The minimum atomic E-state index is -0.896. The Kier molecular flexibility index (Phi) is 8.64. The van der Waals surface area contributed by atoms with E-state index >= 15 is 0 Å². The summed E-state index contributed by atoms with van der Waals surface area (Å²) in [5.74, 6) is 0.621. The maximum absolute atomic E-state index is 12.9. The lowest BCUT2D eigenvalue weighted by molar-refractivity contribution is -0.117. The van der Waals surface area contributed by atoms with Gasteiger partial charge in [0, 0.05) is 12.1 Å². The van der Waals surface area contributed by atoms with Gasteiger partial charge in [-0.1, -0.05) is 6.07 Å². The number of ether oxygens (including phenoxy) is 4. The summed E-state index contributed by atoms with van der Waals surface area (Å²) in [6.45, 7) is 4.63. The molecule has 0 unspecified atom stereocenters. The Hall–Kier alpha value is -4.03. The third-order valence-electron chi connectivity index (χ3n) is 4.60. The van der Waals surface area contributed by atoms with E-state index in [1.54, 1.807) is 57.2 Å². The van der Waals surface area contributed by atoms with Gasteiger partial charge >= 0.3 is 6.09 Å². The zero-order valence-corrected chi connectivity index (χ0v) is 20.2. The van der Waals surface area contributed by atoms with Crippen LogP contribution < -0.4 is 24.8 Å². The van der Waals surface area contributed by atoms with Crippen molar-refractivity contribution in [3.8, 4) is 23.3 Å². The first kappa shape index (κ1) is 26.2. The molecule has 0 bridgehead atoms. The lowest BCUT2D eigenvalue weighted by Crippen LogP contribution is -2.44. The van der Waals surface area contributed by atoms with Crippen molar-refractivity contribution in [2.45, 2.75) is 26.4 Å². The number of nitrogens with zero attached hydrogens (tertiary/aromatic N) is 2. The number of anilines is 1. The summed E-state index contributed by atoms with van der Waals surface area (Å²) >= 11 is 0. The number of rotatable bonds is 7. The Labute approximate surface area is 199 Å². The molecule has 2 aromatic carbocycles. The summed E-state index contributed by atoms with van der Waals surface area (Å²) in [6.07, 6.45) is 0.454. The molecule has 0 heterocycles. The average molecular weight is 468 g/mol. The third kappa shape index (κ3) is 6.27. The molecule has 0 aliphatic heterocycles. The highest BCUT2D eigenvalue weighted by Gasteiger charge is 2.30. The van der Waals surface area contributed by atoms with Crippen molar-refractivity contribution in [1.29, 1.82) is 5.26 Å². The molecule has 34 heavy (non-hydrogen) atoms. The summed E-state index contributed by atoms with van der Waals surface area (Å²) in [5, 5.41) is 9.46. The van der Waals surface area contributed by atoms with Crippen LogP contribution in [0.15, 0.2) is 42.5 Å². The first-order chi connectivity index (χ1) is 16.1. The zero-order valence-electron chi connectivity index (χ0n) is 20.2. The fraction of sp³-hybridized carbons (Fsp3) is 0.320. The monoisotopic (exact) mass is 467 g/mol. The number of nitriles is 1. The Morgan fingerprint density at radius 3 is 2.09 bits per heavy atom. The SMILES string of the molecule is COc1cc(OC)cc(C(=CC#N)c2ccc(OC)c(N(C(=O)CN)C(=O)OC(C)(C)C)c2)c1. The molecule has 0 aromatic heterocycles. The number of amides is 2. The van der Waals surface area contributed by atoms with Crippen molar-refractivity contribution < 1.29 is 28.5 Å². The van der Waals surface area contributed by atoms with E-state index in [1.165, 1.54) is 27.4 Å². The Bertz CT molecular complexity index is 1110. The van der Waals surface area contributed by atoms with Crippen LogP contribution in [0.25, 0.3) is 5.57 Å². The summed E-state index contributed by atoms with van der Waals surface area (Å²) < 4.78 is 21.5. The second-order valence-electron chi connectivity index (χ2n) is 8.09. The number of benzene rings is 2. The normalized spacial score (nSPS) is 11.3. The summed E-state index contributed by atoms with van der Waals surface area (Å²) in [5.41, 5.74) is 6.53. The van der Waals surface area contributed by atoms with Gasteiger partial charge in [-0.3, -0.25) is 4.79 Å². The van der Waals surface area contributed by atoms with E-state index in [0.717, 1.165) is 4.90 Å². The van der Waals surface area contributed by atoms with Gasteiger partial charge in [-0.15, -0.1) is 0 Å². The quantitative estimate of drug-likeness (QED) is 0.608. The molecule has 0 aliphatic rings. The second kappa shape index (κ2) is 11.2.